The molecule has 1 aromatic rings. The number of hydrogen-bond donors (Lipinski definition) is 1. The molecule has 1 heterocycles. The van der Waals surface area contributed by atoms with E-state index in [0.717, 1.165) is 37.7 Å². The van der Waals surface area contributed by atoms with Crippen molar-refractivity contribution in [2.75, 3.05) is 31.6 Å². The summed E-state index contributed by atoms with van der Waals surface area (Å²) in [5.74, 6) is 3.02. The quantitative estimate of drug-likeness (QED) is 0.840. The number of methoxy groups -OCH3 is 1. The summed E-state index contributed by atoms with van der Waals surface area (Å²) in [5.41, 5.74) is 1.21. The van der Waals surface area contributed by atoms with Gasteiger partial charge in [-0.25, -0.2) is 0 Å². The first-order valence-electron chi connectivity index (χ1n) is 8.81. The Hall–Kier alpha value is -1.71. The topological polar surface area (TPSA) is 41.6 Å². The van der Waals surface area contributed by atoms with Gasteiger partial charge in [-0.3, -0.25) is 4.79 Å². The lowest BCUT2D eigenvalue weighted by Crippen LogP contribution is -2.32. The van der Waals surface area contributed by atoms with E-state index in [1.165, 1.54) is 18.5 Å². The molecule has 2 atom stereocenters. The fraction of sp³-hybridized carbons (Fsp3) is 0.632. The molecule has 126 valence electrons. The lowest BCUT2D eigenvalue weighted by atomic mass is 10.0. The molecule has 1 saturated carbocycles. The molecule has 1 amide bonds. The third-order valence-corrected chi connectivity index (χ3v) is 5.23. The van der Waals surface area contributed by atoms with Crippen LogP contribution in [0.3, 0.4) is 0 Å². The summed E-state index contributed by atoms with van der Waals surface area (Å²) in [6.07, 6.45) is 4.45. The van der Waals surface area contributed by atoms with Crippen molar-refractivity contribution in [2.45, 2.75) is 32.6 Å². The van der Waals surface area contributed by atoms with Gasteiger partial charge in [0.25, 0.3) is 0 Å². The first-order chi connectivity index (χ1) is 11.2. The molecule has 4 nitrogen and oxygen atoms in total. The van der Waals surface area contributed by atoms with Gasteiger partial charge in [-0.1, -0.05) is 13.0 Å². The van der Waals surface area contributed by atoms with Crippen molar-refractivity contribution in [2.24, 2.45) is 17.8 Å². The molecule has 0 radical (unpaired) electrons. The number of hydrogen-bond acceptors (Lipinski definition) is 3. The Kier molecular flexibility index (Phi) is 5.09. The number of anilines is 1. The highest BCUT2D eigenvalue weighted by molar-refractivity contribution is 5.76. The first-order valence-corrected chi connectivity index (χ1v) is 8.81. The van der Waals surface area contributed by atoms with E-state index in [4.69, 9.17) is 4.74 Å². The van der Waals surface area contributed by atoms with Crippen LogP contribution in [-0.4, -0.2) is 32.7 Å². The lowest BCUT2D eigenvalue weighted by Gasteiger charge is -2.19. The molecule has 0 unspecified atom stereocenters. The largest absolute Gasteiger partial charge is 0.497 e. The maximum absolute atomic E-state index is 12.0. The molecule has 4 heteroatoms. The maximum atomic E-state index is 12.0. The van der Waals surface area contributed by atoms with Gasteiger partial charge in [0.2, 0.25) is 5.91 Å². The summed E-state index contributed by atoms with van der Waals surface area (Å²) < 4.78 is 5.30. The van der Waals surface area contributed by atoms with E-state index in [1.807, 2.05) is 12.1 Å². The van der Waals surface area contributed by atoms with E-state index in [-0.39, 0.29) is 5.91 Å². The van der Waals surface area contributed by atoms with Crippen molar-refractivity contribution in [3.63, 3.8) is 0 Å². The van der Waals surface area contributed by atoms with Crippen molar-refractivity contribution >= 4 is 11.6 Å². The summed E-state index contributed by atoms with van der Waals surface area (Å²) in [5, 5.41) is 3.14. The van der Waals surface area contributed by atoms with Crippen LogP contribution in [0.2, 0.25) is 0 Å². The number of rotatable bonds is 7. The zero-order valence-corrected chi connectivity index (χ0v) is 14.3. The number of ether oxygens (including phenoxy) is 1. The minimum Gasteiger partial charge on any atom is -0.497 e. The lowest BCUT2D eigenvalue weighted by molar-refractivity contribution is -0.122. The van der Waals surface area contributed by atoms with Gasteiger partial charge in [0.15, 0.2) is 0 Å². The molecular weight excluding hydrogens is 288 g/mol. The van der Waals surface area contributed by atoms with Crippen LogP contribution in [0.4, 0.5) is 5.69 Å². The smallest absolute Gasteiger partial charge is 0.220 e. The highest BCUT2D eigenvalue weighted by Gasteiger charge is 2.29. The predicted molar refractivity (Wildman–Crippen MR) is 92.8 cm³/mol. The second kappa shape index (κ2) is 7.24. The van der Waals surface area contributed by atoms with Crippen LogP contribution in [0.1, 0.15) is 32.6 Å². The molecular formula is C19H28N2O2. The second-order valence-electron chi connectivity index (χ2n) is 7.13. The summed E-state index contributed by atoms with van der Waals surface area (Å²) in [7, 11) is 1.70. The second-order valence-corrected chi connectivity index (χ2v) is 7.13. The van der Waals surface area contributed by atoms with Crippen molar-refractivity contribution in [1.29, 1.82) is 0 Å². The van der Waals surface area contributed by atoms with E-state index in [1.54, 1.807) is 7.11 Å². The Morgan fingerprint density at radius 2 is 2.22 bits per heavy atom. The number of nitrogens with one attached hydrogen (secondary N) is 1. The molecule has 2 aliphatic rings. The highest BCUT2D eigenvalue weighted by atomic mass is 16.5. The fourth-order valence-corrected chi connectivity index (χ4v) is 3.50. The Morgan fingerprint density at radius 3 is 2.96 bits per heavy atom. The Balaban J connectivity index is 1.43. The van der Waals surface area contributed by atoms with Gasteiger partial charge in [0.05, 0.1) is 7.11 Å². The average Bonchev–Trinajstić information content (AvgIpc) is 3.31. The summed E-state index contributed by atoms with van der Waals surface area (Å²) >= 11 is 0. The van der Waals surface area contributed by atoms with E-state index in [0.29, 0.717) is 18.3 Å². The molecule has 0 bridgehead atoms. The van der Waals surface area contributed by atoms with Gasteiger partial charge in [0, 0.05) is 37.8 Å². The van der Waals surface area contributed by atoms with Crippen LogP contribution in [0.25, 0.3) is 0 Å². The zero-order valence-electron chi connectivity index (χ0n) is 14.3. The monoisotopic (exact) mass is 316 g/mol. The van der Waals surface area contributed by atoms with Crippen LogP contribution in [0, 0.1) is 17.8 Å². The average molecular weight is 316 g/mol. The molecule has 0 spiro atoms. The minimum atomic E-state index is 0.226. The number of carbonyl (C=O) groups is 1. The third kappa shape index (κ3) is 4.40. The van der Waals surface area contributed by atoms with Crippen LogP contribution >= 0.6 is 0 Å². The normalized spacial score (nSPS) is 22.0. The predicted octanol–water partition coefficient (Wildman–Crippen LogP) is 3.07. The molecule has 1 aliphatic heterocycles. The first kappa shape index (κ1) is 16.2. The van der Waals surface area contributed by atoms with Crippen molar-refractivity contribution in [3.8, 4) is 5.75 Å². The standard InChI is InChI=1S/C19H28N2O2/c1-14(16-6-7-16)10-19(22)20-12-15-8-9-21(13-15)17-4-3-5-18(11-17)23-2/h3-5,11,14-16H,6-10,12-13H2,1-2H3,(H,20,22)/t14-,15+/m1/s1. The third-order valence-electron chi connectivity index (χ3n) is 5.23. The van der Waals surface area contributed by atoms with E-state index in [2.05, 4.69) is 29.3 Å². The highest BCUT2D eigenvalue weighted by Crippen LogP contribution is 2.38. The number of carbonyl (C=O) groups excluding carboxylic acids is 1. The molecule has 1 aliphatic carbocycles. The zero-order chi connectivity index (χ0) is 16.2. The molecule has 2 fully saturated rings. The van der Waals surface area contributed by atoms with E-state index < -0.39 is 0 Å². The van der Waals surface area contributed by atoms with Gasteiger partial charge in [-0.05, 0) is 49.1 Å². The SMILES string of the molecule is COc1cccc(N2CC[C@@H](CNC(=O)C[C@@H](C)C3CC3)C2)c1. The molecule has 0 aromatic heterocycles. The summed E-state index contributed by atoms with van der Waals surface area (Å²) in [6, 6.07) is 8.21. The van der Waals surface area contributed by atoms with Gasteiger partial charge in [0.1, 0.15) is 5.75 Å². The fourth-order valence-electron chi connectivity index (χ4n) is 3.50. The Morgan fingerprint density at radius 1 is 1.39 bits per heavy atom. The number of amides is 1. The van der Waals surface area contributed by atoms with E-state index in [9.17, 15) is 4.79 Å². The van der Waals surface area contributed by atoms with Crippen LogP contribution in [0.5, 0.6) is 5.75 Å². The van der Waals surface area contributed by atoms with Gasteiger partial charge < -0.3 is 15.0 Å². The van der Waals surface area contributed by atoms with Crippen LogP contribution in [-0.2, 0) is 4.79 Å². The van der Waals surface area contributed by atoms with Crippen LogP contribution < -0.4 is 15.0 Å². The van der Waals surface area contributed by atoms with E-state index >= 15 is 0 Å². The molecule has 1 N–H and O–H groups in total. The summed E-state index contributed by atoms with van der Waals surface area (Å²) in [4.78, 5) is 14.4. The van der Waals surface area contributed by atoms with Crippen molar-refractivity contribution < 1.29 is 9.53 Å². The number of benzene rings is 1. The Labute approximate surface area is 139 Å². The summed E-state index contributed by atoms with van der Waals surface area (Å²) in [6.45, 7) is 5.06. The molecule has 23 heavy (non-hydrogen) atoms. The van der Waals surface area contributed by atoms with Gasteiger partial charge >= 0.3 is 0 Å². The molecule has 3 rings (SSSR count). The maximum Gasteiger partial charge on any atom is 0.220 e. The van der Waals surface area contributed by atoms with Gasteiger partial charge in [-0.2, -0.15) is 0 Å². The molecule has 1 saturated heterocycles. The number of nitrogens with zero attached hydrogens (tertiary/aromatic N) is 1. The van der Waals surface area contributed by atoms with Gasteiger partial charge in [-0.15, -0.1) is 0 Å². The minimum absolute atomic E-state index is 0.226. The van der Waals surface area contributed by atoms with Crippen molar-refractivity contribution in [1.82, 2.24) is 5.32 Å². The van der Waals surface area contributed by atoms with Crippen molar-refractivity contribution in [3.05, 3.63) is 24.3 Å². The Bertz CT molecular complexity index is 542. The molecule has 1 aromatic carbocycles. The van der Waals surface area contributed by atoms with Crippen LogP contribution in [0.15, 0.2) is 24.3 Å².